The van der Waals surface area contributed by atoms with Crippen molar-refractivity contribution in [3.63, 3.8) is 0 Å². The van der Waals surface area contributed by atoms with E-state index in [0.717, 1.165) is 6.54 Å². The molecule has 0 aromatic carbocycles. The van der Waals surface area contributed by atoms with Crippen LogP contribution in [-0.2, 0) is 6.42 Å². The number of carboxylic acid groups (broad SMARTS) is 1. The Morgan fingerprint density at radius 1 is 1.69 bits per heavy atom. The minimum atomic E-state index is -1.08. The molecule has 1 heterocycles. The molecule has 0 atom stereocenters. The van der Waals surface area contributed by atoms with Crippen LogP contribution in [0.2, 0.25) is 0 Å². The van der Waals surface area contributed by atoms with Gasteiger partial charge in [0.1, 0.15) is 0 Å². The van der Waals surface area contributed by atoms with Crippen molar-refractivity contribution in [2.75, 3.05) is 20.6 Å². The van der Waals surface area contributed by atoms with Crippen molar-refractivity contribution in [2.24, 2.45) is 0 Å². The molecule has 1 N–H and O–H groups in total. The summed E-state index contributed by atoms with van der Waals surface area (Å²) in [6.45, 7) is 0.791. The fraction of sp³-hybridized carbons (Fsp3) is 0.500. The van der Waals surface area contributed by atoms with Crippen LogP contribution in [-0.4, -0.2) is 41.6 Å². The number of rotatable bonds is 4. The predicted molar refractivity (Wildman–Crippen MR) is 45.7 cm³/mol. The van der Waals surface area contributed by atoms with Crippen LogP contribution in [0, 0.1) is 0 Å². The van der Waals surface area contributed by atoms with E-state index in [-0.39, 0.29) is 5.76 Å². The molecule has 0 aliphatic carbocycles. The van der Waals surface area contributed by atoms with Gasteiger partial charge in [0.25, 0.3) is 0 Å². The first-order valence-corrected chi connectivity index (χ1v) is 3.92. The molecule has 1 aromatic rings. The van der Waals surface area contributed by atoms with Crippen molar-refractivity contribution >= 4 is 5.97 Å². The normalized spacial score (nSPS) is 10.7. The van der Waals surface area contributed by atoms with Gasteiger partial charge in [-0.1, -0.05) is 0 Å². The topological polar surface area (TPSA) is 66.6 Å². The van der Waals surface area contributed by atoms with E-state index in [9.17, 15) is 4.79 Å². The predicted octanol–water partition coefficient (Wildman–Crippen LogP) is 0.477. The summed E-state index contributed by atoms with van der Waals surface area (Å²) in [6.07, 6.45) is 1.85. The highest BCUT2D eigenvalue weighted by Gasteiger charge is 2.09. The highest BCUT2D eigenvalue weighted by Crippen LogP contribution is 2.04. The number of carboxylic acids is 1. The molecule has 0 aliphatic heterocycles. The summed E-state index contributed by atoms with van der Waals surface area (Å²) in [7, 11) is 3.86. The van der Waals surface area contributed by atoms with Crippen molar-refractivity contribution in [3.05, 3.63) is 17.8 Å². The minimum absolute atomic E-state index is 0.103. The molecule has 0 aliphatic rings. The molecule has 0 saturated carbocycles. The minimum Gasteiger partial charge on any atom is -0.475 e. The first-order chi connectivity index (χ1) is 6.09. The monoisotopic (exact) mass is 184 g/mol. The molecule has 5 nitrogen and oxygen atoms in total. The lowest BCUT2D eigenvalue weighted by atomic mass is 10.4. The van der Waals surface area contributed by atoms with E-state index in [1.165, 1.54) is 6.20 Å². The maximum absolute atomic E-state index is 10.4. The van der Waals surface area contributed by atoms with E-state index >= 15 is 0 Å². The second kappa shape index (κ2) is 4.04. The summed E-state index contributed by atoms with van der Waals surface area (Å²) in [4.78, 5) is 16.2. The summed E-state index contributed by atoms with van der Waals surface area (Å²) in [6, 6.07) is 0. The van der Waals surface area contributed by atoms with Crippen molar-refractivity contribution in [1.29, 1.82) is 0 Å². The Bertz CT molecular complexity index is 293. The van der Waals surface area contributed by atoms with Gasteiger partial charge < -0.3 is 14.4 Å². The van der Waals surface area contributed by atoms with Crippen LogP contribution in [0.5, 0.6) is 0 Å². The van der Waals surface area contributed by atoms with Gasteiger partial charge in [0.05, 0.1) is 6.20 Å². The van der Waals surface area contributed by atoms with E-state index in [0.29, 0.717) is 12.3 Å². The highest BCUT2D eigenvalue weighted by molar-refractivity contribution is 5.83. The van der Waals surface area contributed by atoms with Crippen LogP contribution >= 0.6 is 0 Å². The Balaban J connectivity index is 2.54. The van der Waals surface area contributed by atoms with Crippen molar-refractivity contribution in [2.45, 2.75) is 6.42 Å². The van der Waals surface area contributed by atoms with Crippen LogP contribution in [0.3, 0.4) is 0 Å². The Labute approximate surface area is 76.0 Å². The fourth-order valence-corrected chi connectivity index (χ4v) is 0.844. The third-order valence-corrected chi connectivity index (χ3v) is 1.54. The van der Waals surface area contributed by atoms with E-state index in [2.05, 4.69) is 4.98 Å². The van der Waals surface area contributed by atoms with Crippen LogP contribution in [0.15, 0.2) is 10.6 Å². The van der Waals surface area contributed by atoms with E-state index < -0.39 is 5.97 Å². The zero-order chi connectivity index (χ0) is 9.84. The lowest BCUT2D eigenvalue weighted by Gasteiger charge is -2.05. The van der Waals surface area contributed by atoms with Gasteiger partial charge >= 0.3 is 5.97 Å². The SMILES string of the molecule is CN(C)CCc1ncc(C(=O)O)o1. The number of aromatic carboxylic acids is 1. The highest BCUT2D eigenvalue weighted by atomic mass is 16.4. The maximum Gasteiger partial charge on any atom is 0.373 e. The standard InChI is InChI=1S/C8H12N2O3/c1-10(2)4-3-7-9-5-6(13-7)8(11)12/h5H,3-4H2,1-2H3,(H,11,12). The Hall–Kier alpha value is -1.36. The average Bonchev–Trinajstić information content (AvgIpc) is 2.48. The Kier molecular flexibility index (Phi) is 3.02. The second-order valence-electron chi connectivity index (χ2n) is 2.98. The molecule has 72 valence electrons. The third-order valence-electron chi connectivity index (χ3n) is 1.54. The Morgan fingerprint density at radius 2 is 2.38 bits per heavy atom. The smallest absolute Gasteiger partial charge is 0.373 e. The summed E-state index contributed by atoms with van der Waals surface area (Å²) in [5.41, 5.74) is 0. The largest absolute Gasteiger partial charge is 0.475 e. The van der Waals surface area contributed by atoms with Crippen LogP contribution in [0.25, 0.3) is 0 Å². The van der Waals surface area contributed by atoms with Gasteiger partial charge in [0.15, 0.2) is 5.89 Å². The number of carbonyl (C=O) groups is 1. The number of hydrogen-bond donors (Lipinski definition) is 1. The number of nitrogens with zero attached hydrogens (tertiary/aromatic N) is 2. The molecule has 0 amide bonds. The fourth-order valence-electron chi connectivity index (χ4n) is 0.844. The van der Waals surface area contributed by atoms with E-state index in [4.69, 9.17) is 9.52 Å². The first-order valence-electron chi connectivity index (χ1n) is 3.92. The third kappa shape index (κ3) is 2.87. The first kappa shape index (κ1) is 9.73. The molecule has 13 heavy (non-hydrogen) atoms. The van der Waals surface area contributed by atoms with Crippen molar-refractivity contribution in [3.8, 4) is 0 Å². The van der Waals surface area contributed by atoms with E-state index in [1.54, 1.807) is 0 Å². The molecule has 0 radical (unpaired) electrons. The van der Waals surface area contributed by atoms with Crippen molar-refractivity contribution < 1.29 is 14.3 Å². The van der Waals surface area contributed by atoms with Crippen LogP contribution < -0.4 is 0 Å². The molecule has 0 fully saturated rings. The van der Waals surface area contributed by atoms with Crippen molar-refractivity contribution in [1.82, 2.24) is 9.88 Å². The zero-order valence-electron chi connectivity index (χ0n) is 7.65. The van der Waals surface area contributed by atoms with Gasteiger partial charge in [-0.15, -0.1) is 0 Å². The maximum atomic E-state index is 10.4. The Morgan fingerprint density at radius 3 is 2.85 bits per heavy atom. The lowest BCUT2D eigenvalue weighted by molar-refractivity contribution is 0.0660. The molecular formula is C8H12N2O3. The molecular weight excluding hydrogens is 172 g/mol. The molecule has 0 saturated heterocycles. The number of oxazole rings is 1. The van der Waals surface area contributed by atoms with Gasteiger partial charge in [-0.25, -0.2) is 9.78 Å². The molecule has 0 spiro atoms. The molecule has 0 bridgehead atoms. The van der Waals surface area contributed by atoms with Crippen LogP contribution in [0.4, 0.5) is 0 Å². The molecule has 1 aromatic heterocycles. The number of hydrogen-bond acceptors (Lipinski definition) is 4. The van der Waals surface area contributed by atoms with Crippen LogP contribution in [0.1, 0.15) is 16.4 Å². The summed E-state index contributed by atoms with van der Waals surface area (Å²) in [5.74, 6) is -0.719. The van der Waals surface area contributed by atoms with E-state index in [1.807, 2.05) is 19.0 Å². The average molecular weight is 184 g/mol. The summed E-state index contributed by atoms with van der Waals surface area (Å²) >= 11 is 0. The van der Waals surface area contributed by atoms with Gasteiger partial charge in [-0.2, -0.15) is 0 Å². The molecule has 1 rings (SSSR count). The van der Waals surface area contributed by atoms with Gasteiger partial charge in [-0.3, -0.25) is 0 Å². The molecule has 0 unspecified atom stereocenters. The zero-order valence-corrected chi connectivity index (χ0v) is 7.65. The van der Waals surface area contributed by atoms with Gasteiger partial charge in [0.2, 0.25) is 5.76 Å². The second-order valence-corrected chi connectivity index (χ2v) is 2.98. The quantitative estimate of drug-likeness (QED) is 0.737. The number of aromatic nitrogens is 1. The lowest BCUT2D eigenvalue weighted by Crippen LogP contribution is -2.15. The molecule has 5 heteroatoms. The van der Waals surface area contributed by atoms with Gasteiger partial charge in [-0.05, 0) is 14.1 Å². The van der Waals surface area contributed by atoms with Gasteiger partial charge in [0, 0.05) is 13.0 Å². The summed E-state index contributed by atoms with van der Waals surface area (Å²) < 4.78 is 4.96. The number of likely N-dealkylation sites (N-methyl/N-ethyl adjacent to an activating group) is 1. The summed E-state index contributed by atoms with van der Waals surface area (Å²) in [5, 5.41) is 8.53.